The summed E-state index contributed by atoms with van der Waals surface area (Å²) >= 11 is 0. The first kappa shape index (κ1) is 14.0. The van der Waals surface area contributed by atoms with E-state index >= 15 is 0 Å². The first-order valence-corrected chi connectivity index (χ1v) is 6.36. The van der Waals surface area contributed by atoms with Crippen molar-refractivity contribution in [3.8, 4) is 0 Å². The van der Waals surface area contributed by atoms with Crippen molar-refractivity contribution in [1.29, 1.82) is 0 Å². The molecule has 0 aliphatic heterocycles. The van der Waals surface area contributed by atoms with E-state index in [1.165, 1.54) is 18.3 Å². The summed E-state index contributed by atoms with van der Waals surface area (Å²) in [5, 5.41) is 0. The normalized spacial score (nSPS) is 10.3. The Labute approximate surface area is 117 Å². The molecule has 2 rings (SSSR count). The summed E-state index contributed by atoms with van der Waals surface area (Å²) < 4.78 is 12.9. The number of likely N-dealkylation sites (N-methyl/N-ethyl adjacent to an activating group) is 1. The van der Waals surface area contributed by atoms with Gasteiger partial charge in [0, 0.05) is 17.9 Å². The maximum Gasteiger partial charge on any atom is 0.232 e. The first-order chi connectivity index (χ1) is 9.60. The van der Waals surface area contributed by atoms with Crippen LogP contribution in [0, 0.1) is 5.82 Å². The SMILES string of the molecule is CCN(C(=O)Cc1ccc(N)cn1)c1ccc(F)cc1. The van der Waals surface area contributed by atoms with Crippen molar-refractivity contribution in [2.75, 3.05) is 17.2 Å². The lowest BCUT2D eigenvalue weighted by molar-refractivity contribution is -0.118. The molecule has 1 amide bonds. The number of anilines is 2. The third-order valence-corrected chi connectivity index (χ3v) is 2.94. The monoisotopic (exact) mass is 273 g/mol. The molecule has 0 bridgehead atoms. The van der Waals surface area contributed by atoms with Crippen molar-refractivity contribution >= 4 is 17.3 Å². The van der Waals surface area contributed by atoms with Gasteiger partial charge in [0.05, 0.1) is 18.3 Å². The molecular formula is C15H16FN3O. The number of rotatable bonds is 4. The number of carbonyl (C=O) groups is 1. The van der Waals surface area contributed by atoms with Crippen molar-refractivity contribution in [3.05, 3.63) is 54.1 Å². The lowest BCUT2D eigenvalue weighted by Crippen LogP contribution is -2.32. The minimum atomic E-state index is -0.322. The Morgan fingerprint density at radius 1 is 1.25 bits per heavy atom. The quantitative estimate of drug-likeness (QED) is 0.930. The highest BCUT2D eigenvalue weighted by atomic mass is 19.1. The Bertz CT molecular complexity index is 581. The Kier molecular flexibility index (Phi) is 4.30. The van der Waals surface area contributed by atoms with Crippen LogP contribution < -0.4 is 10.6 Å². The van der Waals surface area contributed by atoms with Crippen LogP contribution in [0.25, 0.3) is 0 Å². The minimum Gasteiger partial charge on any atom is -0.397 e. The van der Waals surface area contributed by atoms with E-state index in [4.69, 9.17) is 5.73 Å². The molecule has 1 heterocycles. The molecule has 0 radical (unpaired) electrons. The smallest absolute Gasteiger partial charge is 0.232 e. The number of hydrogen-bond acceptors (Lipinski definition) is 3. The molecule has 0 saturated heterocycles. The number of aromatic nitrogens is 1. The van der Waals surface area contributed by atoms with Gasteiger partial charge < -0.3 is 10.6 Å². The number of nitrogens with two attached hydrogens (primary N) is 1. The maximum absolute atomic E-state index is 12.9. The molecule has 0 atom stereocenters. The van der Waals surface area contributed by atoms with Gasteiger partial charge in [0.15, 0.2) is 0 Å². The van der Waals surface area contributed by atoms with Gasteiger partial charge in [0.2, 0.25) is 5.91 Å². The van der Waals surface area contributed by atoms with Crippen LogP contribution in [0.5, 0.6) is 0 Å². The van der Waals surface area contributed by atoms with Gasteiger partial charge in [-0.25, -0.2) is 4.39 Å². The second-order valence-electron chi connectivity index (χ2n) is 4.37. The number of pyridine rings is 1. The number of nitrogen functional groups attached to an aromatic ring is 1. The number of amides is 1. The number of halogens is 1. The van der Waals surface area contributed by atoms with E-state index < -0.39 is 0 Å². The highest BCUT2D eigenvalue weighted by Gasteiger charge is 2.15. The van der Waals surface area contributed by atoms with Crippen molar-refractivity contribution in [1.82, 2.24) is 4.98 Å². The fraction of sp³-hybridized carbons (Fsp3) is 0.200. The van der Waals surface area contributed by atoms with Crippen LogP contribution in [0.2, 0.25) is 0 Å². The third kappa shape index (κ3) is 3.32. The molecule has 0 aliphatic carbocycles. The van der Waals surface area contributed by atoms with E-state index in [1.54, 1.807) is 29.2 Å². The zero-order chi connectivity index (χ0) is 14.5. The van der Waals surface area contributed by atoms with Crippen LogP contribution in [-0.4, -0.2) is 17.4 Å². The van der Waals surface area contributed by atoms with Gasteiger partial charge in [-0.15, -0.1) is 0 Å². The largest absolute Gasteiger partial charge is 0.397 e. The van der Waals surface area contributed by atoms with E-state index in [0.29, 0.717) is 23.6 Å². The van der Waals surface area contributed by atoms with Crippen LogP contribution in [0.3, 0.4) is 0 Å². The second kappa shape index (κ2) is 6.14. The first-order valence-electron chi connectivity index (χ1n) is 6.36. The average molecular weight is 273 g/mol. The van der Waals surface area contributed by atoms with Crippen LogP contribution in [0.4, 0.5) is 15.8 Å². The fourth-order valence-corrected chi connectivity index (χ4v) is 1.91. The van der Waals surface area contributed by atoms with Crippen LogP contribution in [0.15, 0.2) is 42.6 Å². The predicted molar refractivity (Wildman–Crippen MR) is 76.8 cm³/mol. The molecule has 1 aromatic heterocycles. The molecular weight excluding hydrogens is 257 g/mol. The zero-order valence-electron chi connectivity index (χ0n) is 11.2. The van der Waals surface area contributed by atoms with Crippen molar-refractivity contribution < 1.29 is 9.18 Å². The third-order valence-electron chi connectivity index (χ3n) is 2.94. The molecule has 0 fully saturated rings. The van der Waals surface area contributed by atoms with Gasteiger partial charge in [0.25, 0.3) is 0 Å². The van der Waals surface area contributed by atoms with E-state index in [0.717, 1.165) is 0 Å². The number of hydrogen-bond donors (Lipinski definition) is 1. The maximum atomic E-state index is 12.9. The van der Waals surface area contributed by atoms with Gasteiger partial charge in [-0.1, -0.05) is 0 Å². The predicted octanol–water partition coefficient (Wildman–Crippen LogP) is 2.40. The van der Waals surface area contributed by atoms with E-state index in [9.17, 15) is 9.18 Å². The Hall–Kier alpha value is -2.43. The Morgan fingerprint density at radius 3 is 2.50 bits per heavy atom. The topological polar surface area (TPSA) is 59.2 Å². The number of carbonyl (C=O) groups excluding carboxylic acids is 1. The number of nitrogens with zero attached hydrogens (tertiary/aromatic N) is 2. The summed E-state index contributed by atoms with van der Waals surface area (Å²) in [6.45, 7) is 2.39. The molecule has 2 N–H and O–H groups in total. The molecule has 20 heavy (non-hydrogen) atoms. The molecule has 0 spiro atoms. The second-order valence-corrected chi connectivity index (χ2v) is 4.37. The standard InChI is InChI=1S/C15H16FN3O/c1-2-19(14-7-3-11(16)4-8-14)15(20)9-13-6-5-12(17)10-18-13/h3-8,10H,2,9,17H2,1H3. The Morgan fingerprint density at radius 2 is 1.95 bits per heavy atom. The van der Waals surface area contributed by atoms with E-state index in [-0.39, 0.29) is 18.1 Å². The Balaban J connectivity index is 2.13. The van der Waals surface area contributed by atoms with Gasteiger partial charge in [-0.3, -0.25) is 9.78 Å². The summed E-state index contributed by atoms with van der Waals surface area (Å²) in [6.07, 6.45) is 1.71. The molecule has 1 aromatic carbocycles. The molecule has 0 saturated carbocycles. The van der Waals surface area contributed by atoms with Crippen LogP contribution >= 0.6 is 0 Å². The fourth-order valence-electron chi connectivity index (χ4n) is 1.91. The van der Waals surface area contributed by atoms with E-state index in [1.807, 2.05) is 6.92 Å². The van der Waals surface area contributed by atoms with Crippen molar-refractivity contribution in [2.24, 2.45) is 0 Å². The highest BCUT2D eigenvalue weighted by Crippen LogP contribution is 2.16. The molecule has 104 valence electrons. The van der Waals surface area contributed by atoms with Gasteiger partial charge in [-0.05, 0) is 43.3 Å². The van der Waals surface area contributed by atoms with Crippen LogP contribution in [0.1, 0.15) is 12.6 Å². The molecule has 0 unspecified atom stereocenters. The highest BCUT2D eigenvalue weighted by molar-refractivity contribution is 5.94. The molecule has 2 aromatic rings. The summed E-state index contributed by atoms with van der Waals surface area (Å²) in [5.74, 6) is -0.408. The molecule has 5 heteroatoms. The lowest BCUT2D eigenvalue weighted by Gasteiger charge is -2.21. The zero-order valence-corrected chi connectivity index (χ0v) is 11.2. The van der Waals surface area contributed by atoms with Gasteiger partial charge in [0.1, 0.15) is 5.82 Å². The van der Waals surface area contributed by atoms with Crippen molar-refractivity contribution in [3.63, 3.8) is 0 Å². The summed E-state index contributed by atoms with van der Waals surface area (Å²) in [4.78, 5) is 18.0. The van der Waals surface area contributed by atoms with Crippen LogP contribution in [-0.2, 0) is 11.2 Å². The molecule has 4 nitrogen and oxygen atoms in total. The van der Waals surface area contributed by atoms with E-state index in [2.05, 4.69) is 4.98 Å². The van der Waals surface area contributed by atoms with Gasteiger partial charge >= 0.3 is 0 Å². The number of benzene rings is 1. The average Bonchev–Trinajstić information content (AvgIpc) is 2.44. The lowest BCUT2D eigenvalue weighted by atomic mass is 10.2. The summed E-state index contributed by atoms with van der Waals surface area (Å²) in [6, 6.07) is 9.30. The minimum absolute atomic E-state index is 0.0867. The van der Waals surface area contributed by atoms with Gasteiger partial charge in [-0.2, -0.15) is 0 Å². The molecule has 0 aliphatic rings. The summed E-state index contributed by atoms with van der Waals surface area (Å²) in [7, 11) is 0. The van der Waals surface area contributed by atoms with Crippen molar-refractivity contribution in [2.45, 2.75) is 13.3 Å². The summed E-state index contributed by atoms with van der Waals surface area (Å²) in [5.41, 5.74) is 7.45.